The number of carbonyl (C=O) groups is 1. The second-order valence-corrected chi connectivity index (χ2v) is 7.99. The van der Waals surface area contributed by atoms with Crippen LogP contribution < -0.4 is 19.9 Å². The minimum atomic E-state index is -0.814. The number of hydrogen-bond acceptors (Lipinski definition) is 5. The second-order valence-electron chi connectivity index (χ2n) is 7.99. The summed E-state index contributed by atoms with van der Waals surface area (Å²) < 4.78 is 12.1. The quantitative estimate of drug-likeness (QED) is 0.432. The van der Waals surface area contributed by atoms with Crippen molar-refractivity contribution in [3.05, 3.63) is 107 Å². The van der Waals surface area contributed by atoms with E-state index in [1.165, 1.54) is 10.7 Å². The third kappa shape index (κ3) is 4.28. The molecule has 1 aromatic heterocycles. The van der Waals surface area contributed by atoms with Gasteiger partial charge in [-0.25, -0.2) is 4.68 Å². The molecular formula is C27H23N3O4. The molecule has 3 aromatic carbocycles. The molecule has 0 bridgehead atoms. The summed E-state index contributed by atoms with van der Waals surface area (Å²) in [5, 5.41) is 4.53. The largest absolute Gasteiger partial charge is 0.454 e. The minimum absolute atomic E-state index is 0.175. The van der Waals surface area contributed by atoms with Crippen LogP contribution in [0.25, 0.3) is 11.3 Å². The Hall–Kier alpha value is -4.39. The summed E-state index contributed by atoms with van der Waals surface area (Å²) in [6.07, 6.45) is 0. The van der Waals surface area contributed by atoms with E-state index in [0.717, 1.165) is 16.8 Å². The SMILES string of the molecule is CC(C(=O)N(Cc1ccccc1)c1ccccc1)n1nc(-c2ccc3c(c2)OCO3)ccc1=O. The Balaban J connectivity index is 1.48. The van der Waals surface area contributed by atoms with Crippen molar-refractivity contribution in [2.75, 3.05) is 11.7 Å². The molecule has 1 amide bonds. The van der Waals surface area contributed by atoms with Crippen LogP contribution in [-0.2, 0) is 11.3 Å². The molecule has 170 valence electrons. The number of anilines is 1. The summed E-state index contributed by atoms with van der Waals surface area (Å²) in [6, 6.07) is 26.9. The highest BCUT2D eigenvalue weighted by Gasteiger charge is 2.26. The average Bonchev–Trinajstić information content (AvgIpc) is 3.36. The summed E-state index contributed by atoms with van der Waals surface area (Å²) in [7, 11) is 0. The lowest BCUT2D eigenvalue weighted by atomic mass is 10.1. The normalized spacial score (nSPS) is 12.9. The fraction of sp³-hybridized carbons (Fsp3) is 0.148. The van der Waals surface area contributed by atoms with Crippen LogP contribution in [0.4, 0.5) is 5.69 Å². The molecule has 0 aliphatic carbocycles. The summed E-state index contributed by atoms with van der Waals surface area (Å²) >= 11 is 0. The van der Waals surface area contributed by atoms with E-state index in [9.17, 15) is 9.59 Å². The van der Waals surface area contributed by atoms with E-state index < -0.39 is 6.04 Å². The minimum Gasteiger partial charge on any atom is -0.454 e. The first-order valence-electron chi connectivity index (χ1n) is 11.0. The fourth-order valence-electron chi connectivity index (χ4n) is 3.91. The Bertz CT molecular complexity index is 1370. The summed E-state index contributed by atoms with van der Waals surface area (Å²) in [6.45, 7) is 2.25. The van der Waals surface area contributed by atoms with Crippen LogP contribution in [0.5, 0.6) is 11.5 Å². The van der Waals surface area contributed by atoms with Gasteiger partial charge in [-0.05, 0) is 48.9 Å². The van der Waals surface area contributed by atoms with Gasteiger partial charge in [-0.2, -0.15) is 5.10 Å². The van der Waals surface area contributed by atoms with Gasteiger partial charge in [0, 0.05) is 17.3 Å². The van der Waals surface area contributed by atoms with Gasteiger partial charge in [0.1, 0.15) is 6.04 Å². The molecule has 4 aromatic rings. The highest BCUT2D eigenvalue weighted by molar-refractivity contribution is 5.95. The zero-order chi connectivity index (χ0) is 23.5. The van der Waals surface area contributed by atoms with Crippen LogP contribution in [0, 0.1) is 0 Å². The van der Waals surface area contributed by atoms with Crippen molar-refractivity contribution in [3.63, 3.8) is 0 Å². The smallest absolute Gasteiger partial charge is 0.267 e. The first kappa shape index (κ1) is 21.5. The third-order valence-electron chi connectivity index (χ3n) is 5.74. The summed E-state index contributed by atoms with van der Waals surface area (Å²) in [5.74, 6) is 1.06. The van der Waals surface area contributed by atoms with E-state index in [-0.39, 0.29) is 18.3 Å². The van der Waals surface area contributed by atoms with E-state index in [0.29, 0.717) is 23.7 Å². The van der Waals surface area contributed by atoms with E-state index in [1.54, 1.807) is 24.0 Å². The molecule has 7 nitrogen and oxygen atoms in total. The molecule has 1 unspecified atom stereocenters. The van der Waals surface area contributed by atoms with Gasteiger partial charge in [-0.15, -0.1) is 0 Å². The van der Waals surface area contributed by atoms with Gasteiger partial charge in [0.15, 0.2) is 11.5 Å². The fourth-order valence-corrected chi connectivity index (χ4v) is 3.91. The van der Waals surface area contributed by atoms with E-state index in [2.05, 4.69) is 5.10 Å². The van der Waals surface area contributed by atoms with Gasteiger partial charge < -0.3 is 14.4 Å². The van der Waals surface area contributed by atoms with Gasteiger partial charge >= 0.3 is 0 Å². The van der Waals surface area contributed by atoms with Crippen LogP contribution in [0.1, 0.15) is 18.5 Å². The standard InChI is InChI=1S/C27H23N3O4/c1-19(27(32)29(22-10-6-3-7-11-22)17-20-8-4-2-5-9-20)30-26(31)15-13-23(28-30)21-12-14-24-25(16-21)34-18-33-24/h2-16,19H,17-18H2,1H3. The maximum atomic E-state index is 13.7. The average molecular weight is 453 g/mol. The predicted octanol–water partition coefficient (Wildman–Crippen LogP) is 4.43. The molecule has 0 spiro atoms. The van der Waals surface area contributed by atoms with Crippen molar-refractivity contribution in [2.24, 2.45) is 0 Å². The molecule has 0 N–H and O–H groups in total. The Labute approximate surface area is 196 Å². The number of para-hydroxylation sites is 1. The van der Waals surface area contributed by atoms with E-state index in [4.69, 9.17) is 9.47 Å². The number of fused-ring (bicyclic) bond motifs is 1. The lowest BCUT2D eigenvalue weighted by Gasteiger charge is -2.26. The van der Waals surface area contributed by atoms with Crippen molar-refractivity contribution in [2.45, 2.75) is 19.5 Å². The molecule has 7 heteroatoms. The molecule has 0 fully saturated rings. The molecule has 0 saturated heterocycles. The van der Waals surface area contributed by atoms with Crippen LogP contribution in [0.3, 0.4) is 0 Å². The Morgan fingerprint density at radius 3 is 2.41 bits per heavy atom. The van der Waals surface area contributed by atoms with Crippen LogP contribution >= 0.6 is 0 Å². The maximum absolute atomic E-state index is 13.7. The van der Waals surface area contributed by atoms with Crippen molar-refractivity contribution in [3.8, 4) is 22.8 Å². The molecule has 34 heavy (non-hydrogen) atoms. The molecule has 1 aliphatic rings. The Morgan fingerprint density at radius 1 is 0.941 bits per heavy atom. The first-order chi connectivity index (χ1) is 16.6. The number of nitrogens with zero attached hydrogens (tertiary/aromatic N) is 3. The number of rotatable bonds is 6. The van der Waals surface area contributed by atoms with Gasteiger partial charge in [-0.3, -0.25) is 9.59 Å². The van der Waals surface area contributed by atoms with E-state index in [1.807, 2.05) is 72.8 Å². The van der Waals surface area contributed by atoms with Gasteiger partial charge in [0.25, 0.3) is 11.5 Å². The van der Waals surface area contributed by atoms with Crippen molar-refractivity contribution < 1.29 is 14.3 Å². The maximum Gasteiger partial charge on any atom is 0.267 e. The molecule has 5 rings (SSSR count). The van der Waals surface area contributed by atoms with Gasteiger partial charge in [0.05, 0.1) is 12.2 Å². The Morgan fingerprint density at radius 2 is 1.65 bits per heavy atom. The van der Waals surface area contributed by atoms with E-state index >= 15 is 0 Å². The highest BCUT2D eigenvalue weighted by atomic mass is 16.7. The molecule has 1 aliphatic heterocycles. The predicted molar refractivity (Wildman–Crippen MR) is 129 cm³/mol. The highest BCUT2D eigenvalue weighted by Crippen LogP contribution is 2.35. The zero-order valence-corrected chi connectivity index (χ0v) is 18.6. The number of benzene rings is 3. The van der Waals surface area contributed by atoms with Crippen molar-refractivity contribution in [1.29, 1.82) is 0 Å². The van der Waals surface area contributed by atoms with Crippen LogP contribution in [0.2, 0.25) is 0 Å². The van der Waals surface area contributed by atoms with Crippen LogP contribution in [0.15, 0.2) is 95.8 Å². The summed E-state index contributed by atoms with van der Waals surface area (Å²) in [5.41, 5.74) is 2.72. The number of aromatic nitrogens is 2. The summed E-state index contributed by atoms with van der Waals surface area (Å²) in [4.78, 5) is 28.1. The Kier molecular flexibility index (Phi) is 5.82. The van der Waals surface area contributed by atoms with Crippen molar-refractivity contribution in [1.82, 2.24) is 9.78 Å². The van der Waals surface area contributed by atoms with Crippen LogP contribution in [-0.4, -0.2) is 22.5 Å². The lowest BCUT2D eigenvalue weighted by Crippen LogP contribution is -2.40. The first-order valence-corrected chi connectivity index (χ1v) is 11.0. The topological polar surface area (TPSA) is 73.7 Å². The lowest BCUT2D eigenvalue weighted by molar-refractivity contribution is -0.121. The molecular weight excluding hydrogens is 430 g/mol. The number of amides is 1. The monoisotopic (exact) mass is 453 g/mol. The molecule has 2 heterocycles. The zero-order valence-electron chi connectivity index (χ0n) is 18.6. The van der Waals surface area contributed by atoms with Gasteiger partial charge in [0.2, 0.25) is 6.79 Å². The van der Waals surface area contributed by atoms with Crippen molar-refractivity contribution >= 4 is 11.6 Å². The second kappa shape index (κ2) is 9.23. The molecule has 0 radical (unpaired) electrons. The number of carbonyl (C=O) groups excluding carboxylic acids is 1. The number of ether oxygens (including phenoxy) is 2. The number of hydrogen-bond donors (Lipinski definition) is 0. The molecule has 1 atom stereocenters. The van der Waals surface area contributed by atoms with Gasteiger partial charge in [-0.1, -0.05) is 48.5 Å². The third-order valence-corrected chi connectivity index (χ3v) is 5.74. The molecule has 0 saturated carbocycles.